The molecule has 1 atom stereocenters. The van der Waals surface area contributed by atoms with Gasteiger partial charge in [-0.1, -0.05) is 30.3 Å². The zero-order chi connectivity index (χ0) is 14.8. The van der Waals surface area contributed by atoms with Gasteiger partial charge in [0.05, 0.1) is 6.61 Å². The van der Waals surface area contributed by atoms with Crippen molar-refractivity contribution in [3.05, 3.63) is 59.2 Å². The first kappa shape index (κ1) is 13.6. The summed E-state index contributed by atoms with van der Waals surface area (Å²) in [5.74, 6) is 0.614. The minimum absolute atomic E-state index is 0.0471. The summed E-state index contributed by atoms with van der Waals surface area (Å²) >= 11 is 0. The maximum atomic E-state index is 12.3. The predicted octanol–water partition coefficient (Wildman–Crippen LogP) is 2.43. The Hall–Kier alpha value is -2.33. The van der Waals surface area contributed by atoms with Gasteiger partial charge in [-0.3, -0.25) is 4.79 Å². The van der Waals surface area contributed by atoms with E-state index in [4.69, 9.17) is 4.74 Å². The number of para-hydroxylation sites is 1. The van der Waals surface area contributed by atoms with Crippen molar-refractivity contribution in [1.29, 1.82) is 0 Å². The number of nitrogens with one attached hydrogen (secondary N) is 1. The molecule has 2 aromatic carbocycles. The Morgan fingerprint density at radius 3 is 2.90 bits per heavy atom. The summed E-state index contributed by atoms with van der Waals surface area (Å²) < 4.78 is 5.68. The van der Waals surface area contributed by atoms with Gasteiger partial charge in [-0.2, -0.15) is 0 Å². The van der Waals surface area contributed by atoms with Gasteiger partial charge in [-0.15, -0.1) is 0 Å². The van der Waals surface area contributed by atoms with Crippen LogP contribution in [0.25, 0.3) is 0 Å². The molecule has 0 spiro atoms. The molecule has 2 aromatic rings. The fourth-order valence-corrected chi connectivity index (χ4v) is 2.44. The average Bonchev–Trinajstić information content (AvgIpc) is 2.93. The number of rotatable bonds is 3. The summed E-state index contributed by atoms with van der Waals surface area (Å²) in [5.41, 5.74) is 3.49. The topological polar surface area (TPSA) is 58.6 Å². The lowest BCUT2D eigenvalue weighted by Crippen LogP contribution is -2.31. The third-order valence-electron chi connectivity index (χ3n) is 3.68. The highest BCUT2D eigenvalue weighted by Crippen LogP contribution is 2.29. The summed E-state index contributed by atoms with van der Waals surface area (Å²) in [6, 6.07) is 13.2. The van der Waals surface area contributed by atoms with E-state index < -0.39 is 6.10 Å². The van der Waals surface area contributed by atoms with E-state index in [9.17, 15) is 9.90 Å². The summed E-state index contributed by atoms with van der Waals surface area (Å²) in [4.78, 5) is 12.3. The van der Waals surface area contributed by atoms with E-state index in [1.807, 2.05) is 43.3 Å². The van der Waals surface area contributed by atoms with Gasteiger partial charge >= 0.3 is 0 Å². The smallest absolute Gasteiger partial charge is 0.265 e. The zero-order valence-electron chi connectivity index (χ0n) is 11.8. The fraction of sp³-hybridized carbons (Fsp3) is 0.235. The molecule has 0 saturated heterocycles. The maximum Gasteiger partial charge on any atom is 0.265 e. The van der Waals surface area contributed by atoms with Crippen molar-refractivity contribution >= 4 is 11.6 Å². The SMILES string of the molecule is Cc1ccc(CO)cc1NC(=O)C1Cc2ccccc2O1. The molecule has 0 saturated carbocycles. The highest BCUT2D eigenvalue weighted by atomic mass is 16.5. The quantitative estimate of drug-likeness (QED) is 0.909. The minimum atomic E-state index is -0.500. The van der Waals surface area contributed by atoms with Crippen molar-refractivity contribution in [3.63, 3.8) is 0 Å². The van der Waals surface area contributed by atoms with E-state index in [1.165, 1.54) is 0 Å². The van der Waals surface area contributed by atoms with Crippen molar-refractivity contribution in [2.24, 2.45) is 0 Å². The molecule has 1 unspecified atom stereocenters. The van der Waals surface area contributed by atoms with Crippen LogP contribution in [-0.4, -0.2) is 17.1 Å². The molecule has 0 radical (unpaired) electrons. The largest absolute Gasteiger partial charge is 0.480 e. The Morgan fingerprint density at radius 2 is 2.14 bits per heavy atom. The number of benzene rings is 2. The van der Waals surface area contributed by atoms with E-state index in [0.717, 1.165) is 22.4 Å². The van der Waals surface area contributed by atoms with Crippen LogP contribution in [0.3, 0.4) is 0 Å². The Labute approximate surface area is 123 Å². The fourth-order valence-electron chi connectivity index (χ4n) is 2.44. The van der Waals surface area contributed by atoms with Crippen LogP contribution in [-0.2, 0) is 17.8 Å². The van der Waals surface area contributed by atoms with Crippen LogP contribution in [0.5, 0.6) is 5.75 Å². The molecule has 4 heteroatoms. The van der Waals surface area contributed by atoms with Crippen LogP contribution in [0.15, 0.2) is 42.5 Å². The lowest BCUT2D eigenvalue weighted by Gasteiger charge is -2.14. The molecule has 0 aromatic heterocycles. The van der Waals surface area contributed by atoms with Gasteiger partial charge in [0.1, 0.15) is 5.75 Å². The van der Waals surface area contributed by atoms with Crippen LogP contribution in [0.1, 0.15) is 16.7 Å². The van der Waals surface area contributed by atoms with Crippen LogP contribution in [0, 0.1) is 6.92 Å². The van der Waals surface area contributed by atoms with Gasteiger partial charge in [0.2, 0.25) is 0 Å². The van der Waals surface area contributed by atoms with Gasteiger partial charge in [0, 0.05) is 12.1 Å². The number of aliphatic hydroxyl groups is 1. The van der Waals surface area contributed by atoms with Gasteiger partial charge in [-0.05, 0) is 35.7 Å². The van der Waals surface area contributed by atoms with E-state index in [-0.39, 0.29) is 12.5 Å². The second kappa shape index (κ2) is 5.58. The van der Waals surface area contributed by atoms with Gasteiger partial charge in [-0.25, -0.2) is 0 Å². The summed E-state index contributed by atoms with van der Waals surface area (Å²) in [6.45, 7) is 1.87. The molecule has 3 rings (SSSR count). The molecule has 21 heavy (non-hydrogen) atoms. The van der Waals surface area contributed by atoms with Gasteiger partial charge in [0.25, 0.3) is 5.91 Å². The highest BCUT2D eigenvalue weighted by molar-refractivity contribution is 5.95. The molecule has 2 N–H and O–H groups in total. The molecule has 1 heterocycles. The Kier molecular flexibility index (Phi) is 3.62. The monoisotopic (exact) mass is 283 g/mol. The normalized spacial score (nSPS) is 16.2. The van der Waals surface area contributed by atoms with E-state index in [2.05, 4.69) is 5.32 Å². The van der Waals surface area contributed by atoms with E-state index in [0.29, 0.717) is 12.1 Å². The number of amides is 1. The van der Waals surface area contributed by atoms with Crippen LogP contribution in [0.2, 0.25) is 0 Å². The number of carbonyl (C=O) groups excluding carboxylic acids is 1. The number of aliphatic hydroxyl groups excluding tert-OH is 1. The minimum Gasteiger partial charge on any atom is -0.480 e. The lowest BCUT2D eigenvalue weighted by atomic mass is 10.1. The van der Waals surface area contributed by atoms with Crippen molar-refractivity contribution in [3.8, 4) is 5.75 Å². The van der Waals surface area contributed by atoms with E-state index in [1.54, 1.807) is 6.07 Å². The highest BCUT2D eigenvalue weighted by Gasteiger charge is 2.28. The Bertz CT molecular complexity index is 656. The molecule has 1 amide bonds. The molecular weight excluding hydrogens is 266 g/mol. The molecular formula is C17H17NO3. The van der Waals surface area contributed by atoms with Crippen molar-refractivity contribution < 1.29 is 14.6 Å². The standard InChI is InChI=1S/C17H17NO3/c1-11-6-7-12(10-19)8-14(11)18-17(20)16-9-13-4-2-3-5-15(13)21-16/h2-8,16,19H,9-10H2,1H3,(H,18,20). The number of fused-ring (bicyclic) bond motifs is 1. The molecule has 0 bridgehead atoms. The Morgan fingerprint density at radius 1 is 1.33 bits per heavy atom. The van der Waals surface area contributed by atoms with Crippen molar-refractivity contribution in [2.45, 2.75) is 26.1 Å². The molecule has 1 aliphatic rings. The third kappa shape index (κ3) is 2.76. The number of aryl methyl sites for hydroxylation is 1. The molecule has 0 aliphatic carbocycles. The average molecular weight is 283 g/mol. The Balaban J connectivity index is 1.74. The lowest BCUT2D eigenvalue weighted by molar-refractivity contribution is -0.122. The second-order valence-corrected chi connectivity index (χ2v) is 5.21. The zero-order valence-corrected chi connectivity index (χ0v) is 11.8. The first-order valence-electron chi connectivity index (χ1n) is 6.93. The number of ether oxygens (including phenoxy) is 1. The van der Waals surface area contributed by atoms with Crippen LogP contribution < -0.4 is 10.1 Å². The van der Waals surface area contributed by atoms with Crippen molar-refractivity contribution in [2.75, 3.05) is 5.32 Å². The summed E-state index contributed by atoms with van der Waals surface area (Å²) in [7, 11) is 0. The second-order valence-electron chi connectivity index (χ2n) is 5.21. The van der Waals surface area contributed by atoms with Crippen LogP contribution >= 0.6 is 0 Å². The van der Waals surface area contributed by atoms with Gasteiger partial charge in [0.15, 0.2) is 6.10 Å². The summed E-state index contributed by atoms with van der Waals surface area (Å²) in [6.07, 6.45) is 0.0837. The van der Waals surface area contributed by atoms with Crippen molar-refractivity contribution in [1.82, 2.24) is 0 Å². The number of hydrogen-bond acceptors (Lipinski definition) is 3. The molecule has 108 valence electrons. The van der Waals surface area contributed by atoms with E-state index >= 15 is 0 Å². The third-order valence-corrected chi connectivity index (χ3v) is 3.68. The molecule has 1 aliphatic heterocycles. The number of hydrogen-bond donors (Lipinski definition) is 2. The number of anilines is 1. The summed E-state index contributed by atoms with van der Waals surface area (Å²) in [5, 5.41) is 12.1. The first-order valence-corrected chi connectivity index (χ1v) is 6.93. The molecule has 0 fully saturated rings. The maximum absolute atomic E-state index is 12.3. The first-order chi connectivity index (χ1) is 10.2. The predicted molar refractivity (Wildman–Crippen MR) is 80.3 cm³/mol. The van der Waals surface area contributed by atoms with Crippen LogP contribution in [0.4, 0.5) is 5.69 Å². The van der Waals surface area contributed by atoms with Gasteiger partial charge < -0.3 is 15.2 Å². The number of carbonyl (C=O) groups is 1. The molecule has 4 nitrogen and oxygen atoms in total.